The minimum Gasteiger partial charge on any atom is -0.457 e. The number of oxazole rings is 1. The summed E-state index contributed by atoms with van der Waals surface area (Å²) in [5, 5.41) is 3.53. The Morgan fingerprint density at radius 2 is 1.66 bits per heavy atom. The average molecular weight is 425 g/mol. The molecule has 4 rings (SSSR count). The van der Waals surface area contributed by atoms with Crippen molar-refractivity contribution in [2.24, 2.45) is 0 Å². The topological polar surface area (TPSA) is 56.4 Å². The molecule has 0 saturated carbocycles. The lowest BCUT2D eigenvalue weighted by Crippen LogP contribution is -2.14. The van der Waals surface area contributed by atoms with Crippen LogP contribution in [0.25, 0.3) is 11.1 Å². The summed E-state index contributed by atoms with van der Waals surface area (Å²) in [6.45, 7) is 0.444. The van der Waals surface area contributed by atoms with Gasteiger partial charge in [-0.15, -0.1) is 0 Å². The monoisotopic (exact) mass is 424 g/mol. The zero-order chi connectivity index (χ0) is 20.2. The van der Waals surface area contributed by atoms with Crippen molar-refractivity contribution in [3.63, 3.8) is 0 Å². The molecule has 29 heavy (non-hydrogen) atoms. The van der Waals surface area contributed by atoms with Crippen LogP contribution in [0.4, 0.5) is 5.69 Å². The number of nitrogens with zero attached hydrogens (tertiary/aromatic N) is 1. The third-order valence-electron chi connectivity index (χ3n) is 4.32. The van der Waals surface area contributed by atoms with Crippen molar-refractivity contribution in [1.29, 1.82) is 0 Å². The molecule has 3 aromatic carbocycles. The van der Waals surface area contributed by atoms with Gasteiger partial charge in [-0.25, -0.2) is 0 Å². The molecule has 0 spiro atoms. The molecule has 1 aromatic heterocycles. The van der Waals surface area contributed by atoms with Crippen LogP contribution in [0, 0.1) is 4.84 Å². The molecule has 1 heterocycles. The predicted molar refractivity (Wildman–Crippen MR) is 116 cm³/mol. The molecule has 4 aromatic rings. The summed E-state index contributed by atoms with van der Waals surface area (Å²) < 4.78 is 13.1. The van der Waals surface area contributed by atoms with Crippen LogP contribution in [-0.2, 0) is 11.3 Å². The molecule has 0 fully saturated rings. The second kappa shape index (κ2) is 8.51. The van der Waals surface area contributed by atoms with Crippen LogP contribution >= 0.6 is 23.8 Å². The summed E-state index contributed by atoms with van der Waals surface area (Å²) in [5.74, 6) is 1.25. The number of nitrogens with one attached hydrogen (secondary N) is 1. The average Bonchev–Trinajstić information content (AvgIpc) is 3.04. The highest BCUT2D eigenvalue weighted by atomic mass is 35.5. The van der Waals surface area contributed by atoms with Crippen molar-refractivity contribution < 1.29 is 13.9 Å². The van der Waals surface area contributed by atoms with Crippen molar-refractivity contribution >= 4 is 46.5 Å². The number of carbonyl (C=O) groups excluding carboxylic acids is 1. The summed E-state index contributed by atoms with van der Waals surface area (Å²) in [6, 6.07) is 21.9. The van der Waals surface area contributed by atoms with Gasteiger partial charge in [0.05, 0.1) is 5.52 Å². The number of carbonyl (C=O) groups is 1. The van der Waals surface area contributed by atoms with Gasteiger partial charge in [0.1, 0.15) is 11.5 Å². The molecular weight excluding hydrogens is 408 g/mol. The Bertz CT molecular complexity index is 1200. The molecule has 146 valence electrons. The molecule has 5 nitrogen and oxygen atoms in total. The number of fused-ring (bicyclic) bond motifs is 1. The van der Waals surface area contributed by atoms with Crippen molar-refractivity contribution in [2.45, 2.75) is 13.0 Å². The highest BCUT2D eigenvalue weighted by Gasteiger charge is 2.09. The normalized spacial score (nSPS) is 10.8. The molecule has 1 N–H and O–H groups in total. The molecular formula is C22H17ClN2O3S. The van der Waals surface area contributed by atoms with Gasteiger partial charge in [-0.2, -0.15) is 0 Å². The third-order valence-corrected chi connectivity index (χ3v) is 4.88. The number of rotatable bonds is 6. The maximum atomic E-state index is 12.3. The van der Waals surface area contributed by atoms with Gasteiger partial charge in [0.2, 0.25) is 5.91 Å². The minimum absolute atomic E-state index is 0.108. The molecule has 0 bridgehead atoms. The summed E-state index contributed by atoms with van der Waals surface area (Å²) in [5.41, 5.74) is 2.29. The van der Waals surface area contributed by atoms with Gasteiger partial charge in [0.15, 0.2) is 5.58 Å². The van der Waals surface area contributed by atoms with Gasteiger partial charge in [0, 0.05) is 23.7 Å². The van der Waals surface area contributed by atoms with Crippen molar-refractivity contribution in [2.75, 3.05) is 5.32 Å². The summed E-state index contributed by atoms with van der Waals surface area (Å²) in [6.07, 6.45) is 0.279. The lowest BCUT2D eigenvalue weighted by atomic mass is 10.2. The van der Waals surface area contributed by atoms with Crippen LogP contribution in [0.2, 0.25) is 5.02 Å². The fourth-order valence-electron chi connectivity index (χ4n) is 2.91. The van der Waals surface area contributed by atoms with E-state index in [2.05, 4.69) is 5.32 Å². The SMILES string of the molecule is O=C(CCn1c(=S)oc2ccccc21)Nc1ccc(Oc2ccc(Cl)cc2)cc1. The van der Waals surface area contributed by atoms with Crippen LogP contribution < -0.4 is 10.1 Å². The quantitative estimate of drug-likeness (QED) is 0.362. The first-order valence-electron chi connectivity index (χ1n) is 9.00. The molecule has 0 aliphatic rings. The highest BCUT2D eigenvalue weighted by molar-refractivity contribution is 7.71. The van der Waals surface area contributed by atoms with Gasteiger partial charge in [-0.3, -0.25) is 9.36 Å². The summed E-state index contributed by atoms with van der Waals surface area (Å²) in [7, 11) is 0. The van der Waals surface area contributed by atoms with Crippen LogP contribution in [0.3, 0.4) is 0 Å². The zero-order valence-electron chi connectivity index (χ0n) is 15.3. The minimum atomic E-state index is -0.108. The van der Waals surface area contributed by atoms with Gasteiger partial charge >= 0.3 is 0 Å². The molecule has 0 unspecified atom stereocenters. The van der Waals surface area contributed by atoms with E-state index in [1.54, 1.807) is 48.5 Å². The Kier molecular flexibility index (Phi) is 5.64. The number of para-hydroxylation sites is 2. The third kappa shape index (κ3) is 4.67. The number of anilines is 1. The van der Waals surface area contributed by atoms with E-state index in [4.69, 9.17) is 33.0 Å². The number of amides is 1. The zero-order valence-corrected chi connectivity index (χ0v) is 16.9. The van der Waals surface area contributed by atoms with E-state index >= 15 is 0 Å². The van der Waals surface area contributed by atoms with E-state index in [0.29, 0.717) is 39.2 Å². The largest absolute Gasteiger partial charge is 0.457 e. The number of halogens is 1. The molecule has 7 heteroatoms. The first-order valence-corrected chi connectivity index (χ1v) is 9.79. The first kappa shape index (κ1) is 19.2. The van der Waals surface area contributed by atoms with E-state index in [9.17, 15) is 4.79 Å². The Hall–Kier alpha value is -3.09. The van der Waals surface area contributed by atoms with Gasteiger partial charge in [0.25, 0.3) is 4.84 Å². The standard InChI is InChI=1S/C22H17ClN2O3S/c23-15-5-9-17(10-6-15)27-18-11-7-16(8-12-18)24-21(26)13-14-25-19-3-1-2-4-20(19)28-22(25)29/h1-12H,13-14H2,(H,24,26). The lowest BCUT2D eigenvalue weighted by molar-refractivity contribution is -0.116. The Labute approximate surface area is 177 Å². The maximum absolute atomic E-state index is 12.3. The molecule has 1 amide bonds. The first-order chi connectivity index (χ1) is 14.1. The van der Waals surface area contributed by atoms with Gasteiger partial charge in [-0.1, -0.05) is 23.7 Å². The number of hydrogen-bond acceptors (Lipinski definition) is 4. The van der Waals surface area contributed by atoms with E-state index < -0.39 is 0 Å². The smallest absolute Gasteiger partial charge is 0.269 e. The fraction of sp³-hybridized carbons (Fsp3) is 0.0909. The fourth-order valence-corrected chi connectivity index (χ4v) is 3.31. The van der Waals surface area contributed by atoms with Crippen LogP contribution in [0.15, 0.2) is 77.2 Å². The van der Waals surface area contributed by atoms with Gasteiger partial charge < -0.3 is 14.5 Å². The van der Waals surface area contributed by atoms with Crippen LogP contribution in [0.1, 0.15) is 6.42 Å². The number of ether oxygens (including phenoxy) is 1. The Morgan fingerprint density at radius 3 is 2.38 bits per heavy atom. The van der Waals surface area contributed by atoms with Crippen LogP contribution in [-0.4, -0.2) is 10.5 Å². The number of benzene rings is 3. The maximum Gasteiger partial charge on any atom is 0.269 e. The predicted octanol–water partition coefficient (Wildman–Crippen LogP) is 6.44. The second-order valence-corrected chi connectivity index (χ2v) is 7.15. The number of aryl methyl sites for hydroxylation is 1. The summed E-state index contributed by atoms with van der Waals surface area (Å²) >= 11 is 11.1. The van der Waals surface area contributed by atoms with E-state index in [0.717, 1.165) is 5.52 Å². The molecule has 0 aliphatic carbocycles. The molecule has 0 saturated heterocycles. The number of aromatic nitrogens is 1. The number of hydrogen-bond donors (Lipinski definition) is 1. The highest BCUT2D eigenvalue weighted by Crippen LogP contribution is 2.24. The van der Waals surface area contributed by atoms with Gasteiger partial charge in [-0.05, 0) is 72.9 Å². The molecule has 0 aliphatic heterocycles. The molecule has 0 atom stereocenters. The molecule has 0 radical (unpaired) electrons. The van der Waals surface area contributed by atoms with Crippen molar-refractivity contribution in [3.8, 4) is 11.5 Å². The van der Waals surface area contributed by atoms with Crippen molar-refractivity contribution in [1.82, 2.24) is 4.57 Å². The van der Waals surface area contributed by atoms with Crippen LogP contribution in [0.5, 0.6) is 11.5 Å². The Morgan fingerprint density at radius 1 is 1.00 bits per heavy atom. The summed E-state index contributed by atoms with van der Waals surface area (Å²) in [4.78, 5) is 12.7. The Balaban J connectivity index is 1.35. The van der Waals surface area contributed by atoms with E-state index in [1.807, 2.05) is 28.8 Å². The van der Waals surface area contributed by atoms with E-state index in [1.165, 1.54) is 0 Å². The second-order valence-electron chi connectivity index (χ2n) is 6.37. The van der Waals surface area contributed by atoms with E-state index in [-0.39, 0.29) is 12.3 Å². The lowest BCUT2D eigenvalue weighted by Gasteiger charge is -2.09. The van der Waals surface area contributed by atoms with Crippen molar-refractivity contribution in [3.05, 3.63) is 82.7 Å².